The molecule has 0 radical (unpaired) electrons. The smallest absolute Gasteiger partial charge is 0.227 e. The summed E-state index contributed by atoms with van der Waals surface area (Å²) in [5, 5.41) is 4.43. The Morgan fingerprint density at radius 3 is 2.60 bits per heavy atom. The Bertz CT molecular complexity index is 1280. The molecule has 1 aliphatic heterocycles. The summed E-state index contributed by atoms with van der Waals surface area (Å²) in [6.45, 7) is 9.37. The number of anilines is 2. The number of piperazine rings is 1. The van der Waals surface area contributed by atoms with Crippen LogP contribution in [-0.4, -0.2) is 62.6 Å². The first-order valence-corrected chi connectivity index (χ1v) is 12.9. The maximum atomic E-state index is 11.6. The number of amides is 1. The number of Topliss-reactive ketones (excluding diaryl/α,β-unsaturated/α-hetero) is 1. The number of fused-ring (bicyclic) bond motifs is 3. The Balaban J connectivity index is 1.34. The summed E-state index contributed by atoms with van der Waals surface area (Å²) in [5.41, 5.74) is 6.18. The van der Waals surface area contributed by atoms with Crippen molar-refractivity contribution in [2.45, 2.75) is 46.6 Å². The minimum absolute atomic E-state index is 0.140. The van der Waals surface area contributed by atoms with Crippen LogP contribution < -0.4 is 5.32 Å². The minimum Gasteiger partial charge on any atom is -0.340 e. The lowest BCUT2D eigenvalue weighted by molar-refractivity contribution is -0.130. The maximum Gasteiger partial charge on any atom is 0.227 e. The zero-order valence-electron chi connectivity index (χ0n) is 20.4. The van der Waals surface area contributed by atoms with Gasteiger partial charge in [-0.2, -0.15) is 0 Å². The van der Waals surface area contributed by atoms with Crippen LogP contribution in [0.1, 0.15) is 41.2 Å². The third-order valence-corrected chi connectivity index (χ3v) is 7.56. The number of carbonyl (C=O) groups excluding carboxylic acids is 2. The van der Waals surface area contributed by atoms with Crippen molar-refractivity contribution < 1.29 is 9.59 Å². The summed E-state index contributed by atoms with van der Waals surface area (Å²) >= 11 is 1.72. The van der Waals surface area contributed by atoms with Gasteiger partial charge >= 0.3 is 0 Å². The van der Waals surface area contributed by atoms with Gasteiger partial charge in [0.05, 0.1) is 22.8 Å². The molecule has 0 spiro atoms. The van der Waals surface area contributed by atoms with E-state index in [0.717, 1.165) is 89.2 Å². The summed E-state index contributed by atoms with van der Waals surface area (Å²) in [6, 6.07) is 6.05. The van der Waals surface area contributed by atoms with Gasteiger partial charge in [-0.05, 0) is 55.5 Å². The fraction of sp³-hybridized carbons (Fsp3) is 0.423. The van der Waals surface area contributed by atoms with Crippen LogP contribution in [0.4, 0.5) is 11.6 Å². The molecule has 0 bridgehead atoms. The number of carbonyl (C=O) groups is 2. The van der Waals surface area contributed by atoms with Crippen molar-refractivity contribution in [3.63, 3.8) is 0 Å². The molecule has 0 saturated carbocycles. The van der Waals surface area contributed by atoms with Gasteiger partial charge in [-0.1, -0.05) is 6.07 Å². The maximum absolute atomic E-state index is 11.6. The van der Waals surface area contributed by atoms with Gasteiger partial charge in [-0.25, -0.2) is 15.0 Å². The van der Waals surface area contributed by atoms with E-state index in [9.17, 15) is 9.59 Å². The molecule has 0 unspecified atom stereocenters. The van der Waals surface area contributed by atoms with Gasteiger partial charge in [0, 0.05) is 51.4 Å². The molecular formula is C26H30N6O2S. The molecule has 3 aromatic rings. The van der Waals surface area contributed by atoms with Gasteiger partial charge in [0.15, 0.2) is 0 Å². The van der Waals surface area contributed by atoms with Crippen LogP contribution in [0.5, 0.6) is 0 Å². The number of benzene rings is 1. The summed E-state index contributed by atoms with van der Waals surface area (Å²) in [7, 11) is 0. The van der Waals surface area contributed by atoms with Crippen molar-refractivity contribution in [3.05, 3.63) is 51.8 Å². The third kappa shape index (κ3) is 5.41. The SMILES string of the molecule is CC(=O)Cc1cc(C)cc(Nc2ncc3c(n2)-c2sc(CN4CCN(C(C)=O)CC4)nc2CC3)c1. The summed E-state index contributed by atoms with van der Waals surface area (Å²) in [4.78, 5) is 43.0. The zero-order valence-corrected chi connectivity index (χ0v) is 21.2. The number of nitrogens with zero attached hydrogens (tertiary/aromatic N) is 5. The molecular weight excluding hydrogens is 460 g/mol. The van der Waals surface area contributed by atoms with Crippen LogP contribution in [0.25, 0.3) is 10.6 Å². The molecule has 0 atom stereocenters. The molecule has 2 aliphatic rings. The molecule has 1 fully saturated rings. The van der Waals surface area contributed by atoms with Gasteiger partial charge < -0.3 is 10.2 Å². The predicted molar refractivity (Wildman–Crippen MR) is 137 cm³/mol. The Kier molecular flexibility index (Phi) is 6.62. The van der Waals surface area contributed by atoms with E-state index in [1.165, 1.54) is 0 Å². The normalized spacial score (nSPS) is 15.5. The Morgan fingerprint density at radius 2 is 1.86 bits per heavy atom. The molecule has 3 heterocycles. The standard InChI is InChI=1S/C26H30N6O2S/c1-16-10-19(12-17(2)33)13-21(11-16)28-26-27-14-20-4-5-22-25(24(20)30-26)35-23(29-22)15-31-6-8-32(9-7-31)18(3)34/h10-11,13-14H,4-9,12,15H2,1-3H3,(H,27,28,30). The van der Waals surface area contributed by atoms with Gasteiger partial charge in [-0.15, -0.1) is 11.3 Å². The molecule has 5 rings (SSSR count). The summed E-state index contributed by atoms with van der Waals surface area (Å²) < 4.78 is 0. The number of rotatable bonds is 6. The number of hydrogen-bond donors (Lipinski definition) is 1. The topological polar surface area (TPSA) is 91.3 Å². The molecule has 1 amide bonds. The number of nitrogens with one attached hydrogen (secondary N) is 1. The van der Waals surface area contributed by atoms with Crippen LogP contribution in [0, 0.1) is 6.92 Å². The predicted octanol–water partition coefficient (Wildman–Crippen LogP) is 3.55. The Hall–Kier alpha value is -3.17. The highest BCUT2D eigenvalue weighted by atomic mass is 32.1. The van der Waals surface area contributed by atoms with E-state index in [4.69, 9.17) is 9.97 Å². The third-order valence-electron chi connectivity index (χ3n) is 6.48. The number of thiazole rings is 1. The van der Waals surface area contributed by atoms with Crippen LogP contribution in [0.15, 0.2) is 24.4 Å². The number of ketones is 1. The van der Waals surface area contributed by atoms with Crippen molar-refractivity contribution >= 4 is 34.7 Å². The van der Waals surface area contributed by atoms with Crippen LogP contribution >= 0.6 is 11.3 Å². The lowest BCUT2D eigenvalue weighted by atomic mass is 10.00. The largest absolute Gasteiger partial charge is 0.340 e. The van der Waals surface area contributed by atoms with E-state index in [1.54, 1.807) is 25.2 Å². The van der Waals surface area contributed by atoms with Crippen molar-refractivity contribution in [2.24, 2.45) is 0 Å². The van der Waals surface area contributed by atoms with E-state index in [1.807, 2.05) is 36.2 Å². The van der Waals surface area contributed by atoms with E-state index in [-0.39, 0.29) is 11.7 Å². The fourth-order valence-electron chi connectivity index (χ4n) is 4.79. The van der Waals surface area contributed by atoms with E-state index in [0.29, 0.717) is 12.4 Å². The fourth-order valence-corrected chi connectivity index (χ4v) is 5.97. The molecule has 1 aromatic carbocycles. The monoisotopic (exact) mass is 490 g/mol. The molecule has 1 N–H and O–H groups in total. The number of aromatic nitrogens is 3. The highest BCUT2D eigenvalue weighted by Gasteiger charge is 2.25. The first-order chi connectivity index (χ1) is 16.8. The van der Waals surface area contributed by atoms with Crippen LogP contribution in [0.3, 0.4) is 0 Å². The summed E-state index contributed by atoms with van der Waals surface area (Å²) in [6.07, 6.45) is 4.12. The van der Waals surface area contributed by atoms with Crippen LogP contribution in [0.2, 0.25) is 0 Å². The number of aryl methyl sites for hydroxylation is 3. The lowest BCUT2D eigenvalue weighted by Gasteiger charge is -2.33. The molecule has 1 saturated heterocycles. The van der Waals surface area contributed by atoms with E-state index in [2.05, 4.69) is 15.2 Å². The number of hydrogen-bond acceptors (Lipinski definition) is 8. The zero-order chi connectivity index (χ0) is 24.5. The average molecular weight is 491 g/mol. The second-order valence-electron chi connectivity index (χ2n) is 9.44. The van der Waals surface area contributed by atoms with Gasteiger partial charge in [0.2, 0.25) is 11.9 Å². The minimum atomic E-state index is 0.140. The average Bonchev–Trinajstić information content (AvgIpc) is 3.21. The lowest BCUT2D eigenvalue weighted by Crippen LogP contribution is -2.47. The van der Waals surface area contributed by atoms with Crippen molar-refractivity contribution in [2.75, 3.05) is 31.5 Å². The van der Waals surface area contributed by atoms with Crippen LogP contribution in [-0.2, 0) is 35.4 Å². The van der Waals surface area contributed by atoms with E-state index < -0.39 is 0 Å². The second-order valence-corrected chi connectivity index (χ2v) is 10.5. The Morgan fingerprint density at radius 1 is 1.06 bits per heavy atom. The van der Waals surface area contributed by atoms with Crippen molar-refractivity contribution in [1.29, 1.82) is 0 Å². The van der Waals surface area contributed by atoms with Gasteiger partial charge in [0.1, 0.15) is 10.8 Å². The first-order valence-electron chi connectivity index (χ1n) is 12.0. The van der Waals surface area contributed by atoms with Crippen molar-refractivity contribution in [3.8, 4) is 10.6 Å². The highest BCUT2D eigenvalue weighted by molar-refractivity contribution is 7.15. The van der Waals surface area contributed by atoms with Gasteiger partial charge in [0.25, 0.3) is 0 Å². The first kappa shape index (κ1) is 23.6. The molecule has 2 aromatic heterocycles. The molecule has 1 aliphatic carbocycles. The second kappa shape index (κ2) is 9.83. The highest BCUT2D eigenvalue weighted by Crippen LogP contribution is 2.37. The molecule has 8 nitrogen and oxygen atoms in total. The quantitative estimate of drug-likeness (QED) is 0.565. The Labute approximate surface area is 209 Å². The van der Waals surface area contributed by atoms with E-state index >= 15 is 0 Å². The van der Waals surface area contributed by atoms with Gasteiger partial charge in [-0.3, -0.25) is 14.5 Å². The summed E-state index contributed by atoms with van der Waals surface area (Å²) in [5.74, 6) is 0.836. The molecule has 35 heavy (non-hydrogen) atoms. The molecule has 9 heteroatoms. The van der Waals surface area contributed by atoms with Crippen molar-refractivity contribution in [1.82, 2.24) is 24.8 Å². The molecule has 182 valence electrons.